The van der Waals surface area contributed by atoms with Gasteiger partial charge in [-0.2, -0.15) is 0 Å². The Labute approximate surface area is 120 Å². The van der Waals surface area contributed by atoms with Crippen molar-refractivity contribution in [2.24, 2.45) is 0 Å². The van der Waals surface area contributed by atoms with E-state index in [2.05, 4.69) is 38.7 Å². The predicted molar refractivity (Wildman–Crippen MR) is 80.7 cm³/mol. The minimum Gasteiger partial charge on any atom is -0.466 e. The van der Waals surface area contributed by atoms with E-state index in [1.807, 2.05) is 6.92 Å². The van der Waals surface area contributed by atoms with E-state index >= 15 is 0 Å². The minimum atomic E-state index is -0.109. The minimum absolute atomic E-state index is 0.109. The Morgan fingerprint density at radius 1 is 1.32 bits per heavy atom. The molecule has 0 spiro atoms. The summed E-state index contributed by atoms with van der Waals surface area (Å²) in [7, 11) is 0. The zero-order chi connectivity index (χ0) is 14.4. The molecule has 1 heterocycles. The Hall–Kier alpha value is -0.870. The summed E-state index contributed by atoms with van der Waals surface area (Å²) >= 11 is 1.80. The lowest BCUT2D eigenvalue weighted by molar-refractivity contribution is -0.144. The van der Waals surface area contributed by atoms with Crippen molar-refractivity contribution in [3.63, 3.8) is 0 Å². The fourth-order valence-electron chi connectivity index (χ4n) is 2.46. The van der Waals surface area contributed by atoms with Gasteiger partial charge in [0, 0.05) is 15.8 Å². The van der Waals surface area contributed by atoms with Gasteiger partial charge in [-0.25, -0.2) is 0 Å². The van der Waals surface area contributed by atoms with Gasteiger partial charge in [-0.05, 0) is 45.5 Å². The quantitative estimate of drug-likeness (QED) is 0.715. The van der Waals surface area contributed by atoms with Gasteiger partial charge >= 0.3 is 5.97 Å². The van der Waals surface area contributed by atoms with Gasteiger partial charge in [-0.15, -0.1) is 11.3 Å². The maximum absolute atomic E-state index is 11.8. The van der Waals surface area contributed by atoms with Crippen molar-refractivity contribution in [2.75, 3.05) is 19.7 Å². The van der Waals surface area contributed by atoms with Crippen LogP contribution in [-0.4, -0.2) is 30.6 Å². The van der Waals surface area contributed by atoms with Crippen LogP contribution in [0.5, 0.6) is 0 Å². The van der Waals surface area contributed by atoms with Crippen LogP contribution in [0.2, 0.25) is 0 Å². The van der Waals surface area contributed by atoms with Crippen LogP contribution in [0, 0.1) is 13.8 Å². The number of rotatable bonds is 7. The first kappa shape index (κ1) is 16.2. The number of thiophene rings is 1. The molecule has 1 rings (SSSR count). The van der Waals surface area contributed by atoms with Crippen LogP contribution in [-0.2, 0) is 9.53 Å². The third kappa shape index (κ3) is 4.32. The van der Waals surface area contributed by atoms with Crippen LogP contribution in [0.4, 0.5) is 0 Å². The van der Waals surface area contributed by atoms with Crippen LogP contribution in [0.15, 0.2) is 6.07 Å². The fraction of sp³-hybridized carbons (Fsp3) is 0.667. The summed E-state index contributed by atoms with van der Waals surface area (Å²) < 4.78 is 5.12. The average Bonchev–Trinajstić information content (AvgIpc) is 2.69. The maximum atomic E-state index is 11.8. The highest BCUT2D eigenvalue weighted by atomic mass is 32.1. The summed E-state index contributed by atoms with van der Waals surface area (Å²) in [5.41, 5.74) is 1.28. The van der Waals surface area contributed by atoms with Crippen LogP contribution in [0.1, 0.15) is 48.6 Å². The van der Waals surface area contributed by atoms with Gasteiger partial charge in [0.1, 0.15) is 0 Å². The molecule has 0 aromatic carbocycles. The van der Waals surface area contributed by atoms with E-state index in [0.29, 0.717) is 13.0 Å². The Morgan fingerprint density at radius 2 is 1.95 bits per heavy atom. The van der Waals surface area contributed by atoms with Crippen LogP contribution < -0.4 is 0 Å². The first-order valence-corrected chi connectivity index (χ1v) is 7.81. The molecule has 0 fully saturated rings. The molecule has 3 nitrogen and oxygen atoms in total. The number of hydrogen-bond donors (Lipinski definition) is 0. The summed E-state index contributed by atoms with van der Waals surface area (Å²) in [5, 5.41) is 0. The highest BCUT2D eigenvalue weighted by Gasteiger charge is 2.24. The molecule has 0 saturated heterocycles. The van der Waals surface area contributed by atoms with Gasteiger partial charge in [-0.3, -0.25) is 9.69 Å². The molecule has 0 N–H and O–H groups in total. The predicted octanol–water partition coefficient (Wildman–Crippen LogP) is 3.70. The van der Waals surface area contributed by atoms with E-state index in [0.717, 1.165) is 13.1 Å². The summed E-state index contributed by atoms with van der Waals surface area (Å²) in [6, 6.07) is 2.35. The van der Waals surface area contributed by atoms with E-state index < -0.39 is 0 Å². The molecular formula is C15H25NO2S. The number of esters is 1. The molecule has 0 amide bonds. The van der Waals surface area contributed by atoms with Crippen molar-refractivity contribution in [3.8, 4) is 0 Å². The maximum Gasteiger partial charge on any atom is 0.307 e. The molecular weight excluding hydrogens is 258 g/mol. The van der Waals surface area contributed by atoms with Gasteiger partial charge in [0.2, 0.25) is 0 Å². The number of aryl methyl sites for hydroxylation is 2. The SMILES string of the molecule is CCOC(=O)CC(c1cc(C)sc1C)N(CC)CC. The number of hydrogen-bond acceptors (Lipinski definition) is 4. The molecule has 0 bridgehead atoms. The lowest BCUT2D eigenvalue weighted by Gasteiger charge is -2.29. The standard InChI is InChI=1S/C15H25NO2S/c1-6-16(7-2)14(10-15(17)18-8-3)13-9-11(4)19-12(13)5/h9,14H,6-8,10H2,1-5H3. The lowest BCUT2D eigenvalue weighted by Crippen LogP contribution is -2.30. The topological polar surface area (TPSA) is 29.5 Å². The normalized spacial score (nSPS) is 12.7. The van der Waals surface area contributed by atoms with Crippen molar-refractivity contribution in [1.82, 2.24) is 4.90 Å². The smallest absolute Gasteiger partial charge is 0.307 e. The zero-order valence-corrected chi connectivity index (χ0v) is 13.5. The van der Waals surface area contributed by atoms with Crippen molar-refractivity contribution in [1.29, 1.82) is 0 Å². The molecule has 1 aromatic heterocycles. The van der Waals surface area contributed by atoms with Crippen molar-refractivity contribution in [3.05, 3.63) is 21.4 Å². The lowest BCUT2D eigenvalue weighted by atomic mass is 10.0. The summed E-state index contributed by atoms with van der Waals surface area (Å²) in [6.45, 7) is 12.7. The summed E-state index contributed by atoms with van der Waals surface area (Å²) in [4.78, 5) is 16.8. The van der Waals surface area contributed by atoms with Gasteiger partial charge in [0.25, 0.3) is 0 Å². The van der Waals surface area contributed by atoms with Gasteiger partial charge in [0.15, 0.2) is 0 Å². The third-order valence-corrected chi connectivity index (χ3v) is 4.34. The van der Waals surface area contributed by atoms with E-state index in [9.17, 15) is 4.79 Å². The largest absolute Gasteiger partial charge is 0.466 e. The molecule has 0 aliphatic rings. The van der Waals surface area contributed by atoms with Gasteiger partial charge < -0.3 is 4.74 Å². The van der Waals surface area contributed by atoms with Crippen LogP contribution in [0.25, 0.3) is 0 Å². The van der Waals surface area contributed by atoms with E-state index in [4.69, 9.17) is 4.74 Å². The summed E-state index contributed by atoms with van der Waals surface area (Å²) in [5.74, 6) is -0.109. The van der Waals surface area contributed by atoms with Crippen molar-refractivity contribution >= 4 is 17.3 Å². The van der Waals surface area contributed by atoms with Gasteiger partial charge in [0.05, 0.1) is 13.0 Å². The molecule has 1 aromatic rings. The number of nitrogens with zero attached hydrogens (tertiary/aromatic N) is 1. The molecule has 0 saturated carbocycles. The van der Waals surface area contributed by atoms with E-state index in [1.54, 1.807) is 11.3 Å². The number of carbonyl (C=O) groups is 1. The fourth-order valence-corrected chi connectivity index (χ4v) is 3.44. The zero-order valence-electron chi connectivity index (χ0n) is 12.7. The Kier molecular flexibility index (Phi) is 6.52. The van der Waals surface area contributed by atoms with Gasteiger partial charge in [-0.1, -0.05) is 13.8 Å². The number of ether oxygens (including phenoxy) is 1. The van der Waals surface area contributed by atoms with Crippen molar-refractivity contribution < 1.29 is 9.53 Å². The van der Waals surface area contributed by atoms with Crippen LogP contribution >= 0.6 is 11.3 Å². The molecule has 4 heteroatoms. The number of carbonyl (C=O) groups excluding carboxylic acids is 1. The second kappa shape index (κ2) is 7.65. The highest BCUT2D eigenvalue weighted by Crippen LogP contribution is 2.32. The monoisotopic (exact) mass is 283 g/mol. The molecule has 0 aliphatic heterocycles. The Bertz CT molecular complexity index is 410. The Balaban J connectivity index is 2.98. The second-order valence-corrected chi connectivity index (χ2v) is 6.08. The molecule has 1 atom stereocenters. The van der Waals surface area contributed by atoms with E-state index in [1.165, 1.54) is 15.3 Å². The molecule has 108 valence electrons. The molecule has 0 aliphatic carbocycles. The van der Waals surface area contributed by atoms with Crippen LogP contribution in [0.3, 0.4) is 0 Å². The highest BCUT2D eigenvalue weighted by molar-refractivity contribution is 7.12. The third-order valence-electron chi connectivity index (χ3n) is 3.36. The molecule has 0 radical (unpaired) electrons. The van der Waals surface area contributed by atoms with Crippen molar-refractivity contribution in [2.45, 2.75) is 47.1 Å². The molecule has 1 unspecified atom stereocenters. The molecule has 19 heavy (non-hydrogen) atoms. The Morgan fingerprint density at radius 3 is 2.37 bits per heavy atom. The first-order chi connectivity index (χ1) is 9.03. The summed E-state index contributed by atoms with van der Waals surface area (Å²) in [6.07, 6.45) is 0.437. The first-order valence-electron chi connectivity index (χ1n) is 6.99. The second-order valence-electron chi connectivity index (χ2n) is 4.61. The average molecular weight is 283 g/mol. The van der Waals surface area contributed by atoms with E-state index in [-0.39, 0.29) is 12.0 Å².